The first-order valence-electron chi connectivity index (χ1n) is 7.59. The van der Waals surface area contributed by atoms with Gasteiger partial charge in [-0.25, -0.2) is 0 Å². The van der Waals surface area contributed by atoms with E-state index >= 15 is 0 Å². The van der Waals surface area contributed by atoms with Gasteiger partial charge in [0.25, 0.3) is 5.91 Å². The maximum Gasteiger partial charge on any atom is 0.255 e. The van der Waals surface area contributed by atoms with Gasteiger partial charge in [-0.15, -0.1) is 11.6 Å². The Labute approximate surface area is 145 Å². The van der Waals surface area contributed by atoms with E-state index in [0.29, 0.717) is 17.1 Å². The molecule has 0 spiro atoms. The highest BCUT2D eigenvalue weighted by atomic mass is 35.5. The molecule has 0 aromatic heterocycles. The van der Waals surface area contributed by atoms with Gasteiger partial charge in [0.2, 0.25) is 0 Å². The number of hydrogen-bond donors (Lipinski definition) is 1. The highest BCUT2D eigenvalue weighted by Gasteiger charge is 2.08. The second-order valence-electron chi connectivity index (χ2n) is 5.14. The first-order chi connectivity index (χ1) is 11.5. The molecule has 0 aliphatic heterocycles. The van der Waals surface area contributed by atoms with Crippen LogP contribution >= 0.6 is 11.6 Å². The fraction of sp³-hybridized carbons (Fsp3) is 0.222. The van der Waals surface area contributed by atoms with E-state index in [1.165, 1.54) is 24.3 Å². The van der Waals surface area contributed by atoms with E-state index in [9.17, 15) is 14.7 Å². The summed E-state index contributed by atoms with van der Waals surface area (Å²) in [6.45, 7) is 3.58. The van der Waals surface area contributed by atoms with Crippen LogP contribution in [0, 0.1) is 0 Å². The molecule has 0 bridgehead atoms. The molecule has 0 unspecified atom stereocenters. The van der Waals surface area contributed by atoms with Gasteiger partial charge in [0.1, 0.15) is 0 Å². The van der Waals surface area contributed by atoms with Crippen LogP contribution in [0.15, 0.2) is 48.5 Å². The van der Waals surface area contributed by atoms with Crippen molar-refractivity contribution >= 4 is 34.9 Å². The summed E-state index contributed by atoms with van der Waals surface area (Å²) in [5, 5.41) is 13.5. The van der Waals surface area contributed by atoms with E-state index in [-0.39, 0.29) is 11.5 Å². The monoisotopic (exact) mass is 345 g/mol. The van der Waals surface area contributed by atoms with Crippen LogP contribution in [-0.2, 0) is 0 Å². The number of alkyl halides is 1. The number of benzene rings is 2. The summed E-state index contributed by atoms with van der Waals surface area (Å²) in [5.41, 5.74) is 2.05. The van der Waals surface area contributed by atoms with E-state index in [4.69, 9.17) is 11.6 Å². The van der Waals surface area contributed by atoms with Crippen molar-refractivity contribution in [2.75, 3.05) is 29.2 Å². The largest absolute Gasteiger partial charge is 0.545 e. The van der Waals surface area contributed by atoms with Crippen LogP contribution in [0.3, 0.4) is 0 Å². The summed E-state index contributed by atoms with van der Waals surface area (Å²) < 4.78 is 0. The number of hydrogen-bond acceptors (Lipinski definition) is 4. The van der Waals surface area contributed by atoms with Gasteiger partial charge in [0, 0.05) is 35.9 Å². The third kappa shape index (κ3) is 4.49. The Hall–Kier alpha value is -2.53. The van der Waals surface area contributed by atoms with E-state index in [0.717, 1.165) is 18.8 Å². The van der Waals surface area contributed by atoms with E-state index in [1.807, 2.05) is 25.1 Å². The zero-order valence-electron chi connectivity index (χ0n) is 13.3. The summed E-state index contributed by atoms with van der Waals surface area (Å²) in [6.07, 6.45) is 0. The number of rotatable bonds is 7. The Kier molecular flexibility index (Phi) is 6.21. The molecule has 2 aromatic carbocycles. The third-order valence-corrected chi connectivity index (χ3v) is 3.76. The van der Waals surface area contributed by atoms with Crippen LogP contribution in [0.25, 0.3) is 0 Å². The zero-order valence-corrected chi connectivity index (χ0v) is 14.0. The van der Waals surface area contributed by atoms with Gasteiger partial charge in [-0.05, 0) is 42.8 Å². The molecule has 24 heavy (non-hydrogen) atoms. The number of carbonyl (C=O) groups excluding carboxylic acids is 2. The average Bonchev–Trinajstić information content (AvgIpc) is 2.60. The zero-order chi connectivity index (χ0) is 17.5. The molecule has 0 saturated carbocycles. The number of carboxylic acids is 1. The molecule has 1 amide bonds. The number of carbonyl (C=O) groups is 2. The van der Waals surface area contributed by atoms with Crippen molar-refractivity contribution < 1.29 is 14.7 Å². The first-order valence-corrected chi connectivity index (χ1v) is 8.12. The number of halogens is 1. The molecule has 0 saturated heterocycles. The quantitative estimate of drug-likeness (QED) is 0.782. The summed E-state index contributed by atoms with van der Waals surface area (Å²) in [7, 11) is 0. The van der Waals surface area contributed by atoms with Crippen molar-refractivity contribution in [3.63, 3.8) is 0 Å². The summed E-state index contributed by atoms with van der Waals surface area (Å²) in [5.74, 6) is -1.05. The first kappa shape index (κ1) is 17.8. The van der Waals surface area contributed by atoms with E-state index in [2.05, 4.69) is 10.2 Å². The standard InChI is InChI=1S/C18H19ClN2O3/c1-2-21(11-10-19)16-5-3-4-15(12-16)20-17(22)13-6-8-14(9-7-13)18(23)24/h3-9,12H,2,10-11H2,1H3,(H,20,22)(H,23,24)/p-1. The van der Waals surface area contributed by atoms with Crippen LogP contribution in [0.2, 0.25) is 0 Å². The Bertz CT molecular complexity index is 716. The van der Waals surface area contributed by atoms with Crippen LogP contribution in [-0.4, -0.2) is 30.8 Å². The second-order valence-corrected chi connectivity index (χ2v) is 5.52. The van der Waals surface area contributed by atoms with Crippen molar-refractivity contribution in [2.45, 2.75) is 6.92 Å². The molecule has 6 heteroatoms. The minimum absolute atomic E-state index is 0.0354. The van der Waals surface area contributed by atoms with Gasteiger partial charge in [-0.3, -0.25) is 4.79 Å². The van der Waals surface area contributed by atoms with Crippen molar-refractivity contribution in [1.29, 1.82) is 0 Å². The molecule has 126 valence electrons. The van der Waals surface area contributed by atoms with Gasteiger partial charge in [0.05, 0.1) is 5.97 Å². The lowest BCUT2D eigenvalue weighted by atomic mass is 10.1. The Morgan fingerprint density at radius 1 is 1.12 bits per heavy atom. The lowest BCUT2D eigenvalue weighted by Crippen LogP contribution is -2.25. The van der Waals surface area contributed by atoms with Crippen molar-refractivity contribution in [2.24, 2.45) is 0 Å². The molecule has 0 atom stereocenters. The average molecular weight is 346 g/mol. The summed E-state index contributed by atoms with van der Waals surface area (Å²) >= 11 is 5.81. The molecule has 1 N–H and O–H groups in total. The predicted octanol–water partition coefficient (Wildman–Crippen LogP) is 2.37. The molecular weight excluding hydrogens is 328 g/mol. The number of amides is 1. The second kappa shape index (κ2) is 8.36. The smallest absolute Gasteiger partial charge is 0.255 e. The van der Waals surface area contributed by atoms with Gasteiger partial charge in [-0.2, -0.15) is 0 Å². The van der Waals surface area contributed by atoms with Crippen LogP contribution in [0.4, 0.5) is 11.4 Å². The molecular formula is C18H18ClN2O3-. The third-order valence-electron chi connectivity index (χ3n) is 3.59. The van der Waals surface area contributed by atoms with E-state index < -0.39 is 5.97 Å². The molecule has 0 radical (unpaired) electrons. The fourth-order valence-corrected chi connectivity index (χ4v) is 2.52. The van der Waals surface area contributed by atoms with Crippen molar-refractivity contribution in [3.8, 4) is 0 Å². The number of anilines is 2. The van der Waals surface area contributed by atoms with Crippen molar-refractivity contribution in [1.82, 2.24) is 0 Å². The van der Waals surface area contributed by atoms with E-state index in [1.54, 1.807) is 6.07 Å². The topological polar surface area (TPSA) is 72.5 Å². The molecule has 0 aliphatic carbocycles. The number of aromatic carboxylic acids is 1. The molecule has 2 rings (SSSR count). The summed E-state index contributed by atoms with van der Waals surface area (Å²) in [6, 6.07) is 13.1. The lowest BCUT2D eigenvalue weighted by Gasteiger charge is -2.22. The van der Waals surface area contributed by atoms with Crippen LogP contribution < -0.4 is 15.3 Å². The maximum atomic E-state index is 12.3. The Balaban J connectivity index is 2.12. The summed E-state index contributed by atoms with van der Waals surface area (Å²) in [4.78, 5) is 25.1. The molecule has 2 aromatic rings. The molecule has 0 heterocycles. The SMILES string of the molecule is CCN(CCCl)c1cccc(NC(=O)c2ccc(C(=O)[O-])cc2)c1. The molecule has 0 fully saturated rings. The predicted molar refractivity (Wildman–Crippen MR) is 93.8 cm³/mol. The normalized spacial score (nSPS) is 10.2. The van der Waals surface area contributed by atoms with Gasteiger partial charge >= 0.3 is 0 Å². The maximum absolute atomic E-state index is 12.3. The van der Waals surface area contributed by atoms with Crippen LogP contribution in [0.5, 0.6) is 0 Å². The fourth-order valence-electron chi connectivity index (χ4n) is 2.31. The highest BCUT2D eigenvalue weighted by molar-refractivity contribution is 6.18. The van der Waals surface area contributed by atoms with Gasteiger partial charge in [0.15, 0.2) is 0 Å². The minimum Gasteiger partial charge on any atom is -0.545 e. The molecule has 5 nitrogen and oxygen atoms in total. The van der Waals surface area contributed by atoms with Crippen molar-refractivity contribution in [3.05, 3.63) is 59.7 Å². The number of nitrogens with zero attached hydrogens (tertiary/aromatic N) is 1. The highest BCUT2D eigenvalue weighted by Crippen LogP contribution is 2.20. The van der Waals surface area contributed by atoms with Gasteiger partial charge < -0.3 is 20.1 Å². The minimum atomic E-state index is -1.27. The van der Waals surface area contributed by atoms with Gasteiger partial charge in [-0.1, -0.05) is 18.2 Å². The number of carboxylic acid groups (broad SMARTS) is 1. The Morgan fingerprint density at radius 2 is 1.79 bits per heavy atom. The van der Waals surface area contributed by atoms with Crippen LogP contribution in [0.1, 0.15) is 27.6 Å². The Morgan fingerprint density at radius 3 is 2.38 bits per heavy atom. The number of nitrogens with one attached hydrogen (secondary N) is 1. The lowest BCUT2D eigenvalue weighted by molar-refractivity contribution is -0.255. The molecule has 0 aliphatic rings.